The summed E-state index contributed by atoms with van der Waals surface area (Å²) in [6.45, 7) is 2.89. The highest BCUT2D eigenvalue weighted by Crippen LogP contribution is 2.42. The first-order valence-electron chi connectivity index (χ1n) is 26.4. The van der Waals surface area contributed by atoms with E-state index in [0.717, 1.165) is 125 Å². The zero-order valence-electron chi connectivity index (χ0n) is 42.9. The van der Waals surface area contributed by atoms with Gasteiger partial charge in [0.1, 0.15) is 34.7 Å². The highest BCUT2D eigenvalue weighted by atomic mass is 16.5. The van der Waals surface area contributed by atoms with Crippen LogP contribution in [0, 0.1) is 6.92 Å². The number of hydrogen-bond acceptors (Lipinski definition) is 5. The van der Waals surface area contributed by atoms with Crippen LogP contribution >= 0.6 is 0 Å². The molecule has 10 heteroatoms. The van der Waals surface area contributed by atoms with Crippen LogP contribution in [0.3, 0.4) is 0 Å². The van der Waals surface area contributed by atoms with Crippen LogP contribution in [0.25, 0.3) is 101 Å². The molecule has 0 radical (unpaired) electrons. The summed E-state index contributed by atoms with van der Waals surface area (Å²) in [6.07, 6.45) is 4.18. The summed E-state index contributed by atoms with van der Waals surface area (Å²) in [4.78, 5) is 16.2. The summed E-state index contributed by atoms with van der Waals surface area (Å²) < 4.78 is 24.8. The number of imidazole rings is 3. The topological polar surface area (TPSA) is 79.7 Å². The molecule has 0 saturated heterocycles. The van der Waals surface area contributed by atoms with Gasteiger partial charge in [-0.15, -0.1) is 4.57 Å². The highest BCUT2D eigenvalue weighted by Gasteiger charge is 2.35. The van der Waals surface area contributed by atoms with Crippen LogP contribution in [0.4, 0.5) is 0 Å². The lowest BCUT2D eigenvalue weighted by atomic mass is 10.0. The van der Waals surface area contributed by atoms with Crippen molar-refractivity contribution >= 4 is 33.1 Å². The number of aromatic nitrogens is 8. The normalized spacial score (nSPS) is 11.8. The average molecular weight is 1020 g/mol. The molecule has 14 aromatic rings. The Balaban J connectivity index is 0.845. The molecule has 0 amide bonds. The summed E-state index contributed by atoms with van der Waals surface area (Å²) in [6, 6.07) is 85.6. The van der Waals surface area contributed by atoms with E-state index in [-0.39, 0.29) is 0 Å². The Morgan fingerprint density at radius 3 is 1.41 bits per heavy atom. The minimum atomic E-state index is 0.692. The van der Waals surface area contributed by atoms with E-state index in [0.29, 0.717) is 11.5 Å². The molecule has 0 aliphatic carbocycles. The molecular weight excluding hydrogens is 973 g/mol. The van der Waals surface area contributed by atoms with E-state index in [9.17, 15) is 0 Å². The molecule has 79 heavy (non-hydrogen) atoms. The van der Waals surface area contributed by atoms with E-state index in [1.54, 1.807) is 0 Å². The van der Waals surface area contributed by atoms with E-state index in [4.69, 9.17) is 24.4 Å². The zero-order chi connectivity index (χ0) is 52.4. The predicted molar refractivity (Wildman–Crippen MR) is 311 cm³/mol. The minimum Gasteiger partial charge on any atom is -0.457 e. The smallest absolute Gasteiger partial charge is 0.450 e. The van der Waals surface area contributed by atoms with Gasteiger partial charge < -0.3 is 9.47 Å². The van der Waals surface area contributed by atoms with Crippen molar-refractivity contribution in [3.8, 4) is 91.2 Å². The van der Waals surface area contributed by atoms with Crippen LogP contribution in [0.2, 0.25) is 0 Å². The number of para-hydroxylation sites is 8. The molecule has 9 aromatic carbocycles. The van der Waals surface area contributed by atoms with Gasteiger partial charge in [0.15, 0.2) is 11.9 Å². The van der Waals surface area contributed by atoms with Crippen LogP contribution < -0.4 is 18.6 Å². The van der Waals surface area contributed by atoms with Gasteiger partial charge in [-0.1, -0.05) is 108 Å². The average Bonchev–Trinajstić information content (AvgIpc) is 4.30. The van der Waals surface area contributed by atoms with E-state index in [2.05, 4.69) is 224 Å². The van der Waals surface area contributed by atoms with Crippen LogP contribution in [-0.4, -0.2) is 28.7 Å². The number of nitrogens with zero attached hydrogens (tertiary/aromatic N) is 8. The summed E-state index contributed by atoms with van der Waals surface area (Å²) in [5, 5.41) is 0. The van der Waals surface area contributed by atoms with Crippen molar-refractivity contribution < 1.29 is 18.6 Å². The van der Waals surface area contributed by atoms with Crippen molar-refractivity contribution in [3.05, 3.63) is 272 Å². The van der Waals surface area contributed by atoms with E-state index >= 15 is 0 Å². The molecule has 10 nitrogen and oxygen atoms in total. The highest BCUT2D eigenvalue weighted by molar-refractivity contribution is 5.90. The first-order valence-corrected chi connectivity index (χ1v) is 26.4. The Hall–Kier alpha value is -10.7. The number of aryl methyl sites for hydroxylation is 1. The predicted octanol–water partition coefficient (Wildman–Crippen LogP) is 15.2. The third-order valence-electron chi connectivity index (χ3n) is 14.8. The monoisotopic (exact) mass is 1020 g/mol. The van der Waals surface area contributed by atoms with Gasteiger partial charge in [0, 0.05) is 51.4 Å². The van der Waals surface area contributed by atoms with Gasteiger partial charge >= 0.3 is 5.82 Å². The van der Waals surface area contributed by atoms with Crippen LogP contribution in [-0.2, 0) is 6.54 Å². The SMILES string of the molecule is Cc1cc(Oc2ccc(-n3c(-c4cc(-c5nc6ccccc6n5-c5ccccc5)cc(-c5nc6ccccc6n5-c5ccccc5)c4)nc4ccccc43)cc2)cc(-c2ccccc2)c1Oc1ccc2[n+](c1)-c1cccc[n+]1C2. The molecule has 0 spiro atoms. The lowest BCUT2D eigenvalue weighted by Gasteiger charge is -2.17. The fourth-order valence-electron chi connectivity index (χ4n) is 11.2. The third kappa shape index (κ3) is 8.09. The van der Waals surface area contributed by atoms with Crippen molar-refractivity contribution in [3.63, 3.8) is 0 Å². The number of hydrogen-bond donors (Lipinski definition) is 0. The second kappa shape index (κ2) is 18.8. The fraction of sp³-hybridized carbons (Fsp3) is 0.0290. The molecule has 6 heterocycles. The molecule has 1 aliphatic heterocycles. The van der Waals surface area contributed by atoms with Crippen LogP contribution in [0.5, 0.6) is 23.0 Å². The number of ether oxygens (including phenoxy) is 2. The van der Waals surface area contributed by atoms with Gasteiger partial charge in [0.25, 0.3) is 5.69 Å². The Labute approximate surface area is 455 Å². The van der Waals surface area contributed by atoms with Crippen LogP contribution in [0.1, 0.15) is 11.3 Å². The Kier molecular flexibility index (Phi) is 10.9. The molecule has 5 aromatic heterocycles. The fourth-order valence-corrected chi connectivity index (χ4v) is 11.2. The second-order valence-electron chi connectivity index (χ2n) is 19.8. The number of fused-ring (bicyclic) bond motifs is 6. The van der Waals surface area contributed by atoms with Crippen LogP contribution in [0.15, 0.2) is 261 Å². The zero-order valence-corrected chi connectivity index (χ0v) is 42.9. The molecule has 15 rings (SSSR count). The molecule has 0 atom stereocenters. The molecule has 0 N–H and O–H groups in total. The molecule has 0 bridgehead atoms. The van der Waals surface area contributed by atoms with E-state index < -0.39 is 0 Å². The lowest BCUT2D eigenvalue weighted by molar-refractivity contribution is -0.736. The van der Waals surface area contributed by atoms with E-state index in [1.165, 1.54) is 5.69 Å². The quantitative estimate of drug-likeness (QED) is 0.121. The first-order chi connectivity index (χ1) is 39.0. The number of benzene rings is 9. The molecule has 374 valence electrons. The molecular formula is C69H48N8O2+2. The van der Waals surface area contributed by atoms with Crippen molar-refractivity contribution in [1.29, 1.82) is 0 Å². The van der Waals surface area contributed by atoms with Crippen molar-refractivity contribution in [1.82, 2.24) is 28.7 Å². The third-order valence-corrected chi connectivity index (χ3v) is 14.8. The first kappa shape index (κ1) is 45.7. The Morgan fingerprint density at radius 1 is 0.392 bits per heavy atom. The van der Waals surface area contributed by atoms with Gasteiger partial charge in [-0.25, -0.2) is 15.0 Å². The Bertz CT molecular complexity index is 4510. The van der Waals surface area contributed by atoms with Crippen molar-refractivity contribution in [2.45, 2.75) is 13.5 Å². The Morgan fingerprint density at radius 2 is 0.861 bits per heavy atom. The largest absolute Gasteiger partial charge is 0.457 e. The summed E-state index contributed by atoms with van der Waals surface area (Å²) in [5.74, 6) is 6.40. The number of pyridine rings is 2. The van der Waals surface area contributed by atoms with Gasteiger partial charge in [0.05, 0.1) is 39.2 Å². The lowest BCUT2D eigenvalue weighted by Crippen LogP contribution is -2.38. The van der Waals surface area contributed by atoms with Gasteiger partial charge in [-0.05, 0) is 145 Å². The maximum Gasteiger partial charge on any atom is 0.450 e. The van der Waals surface area contributed by atoms with Crippen molar-refractivity contribution in [2.75, 3.05) is 0 Å². The van der Waals surface area contributed by atoms with E-state index in [1.807, 2.05) is 66.7 Å². The molecule has 0 unspecified atom stereocenters. The summed E-state index contributed by atoms with van der Waals surface area (Å²) in [7, 11) is 0. The summed E-state index contributed by atoms with van der Waals surface area (Å²) in [5.41, 5.74) is 15.4. The molecule has 0 saturated carbocycles. The standard InChI is InChI=1S/C69H48N8O2/c1-46-39-57(43-58(47-19-5-2-6-20-47)66(46)79-56-37-34-54-44-73-38-18-17-31-65(73)74(54)45-56)78-55-35-32-53(33-36-55)77-64-30-16-13-27-61(64)72-69(77)50-41-48(67-70-59-25-11-14-28-62(59)75(67)51-21-7-3-8-22-51)40-49(42-50)68-71-60-26-12-15-29-63(60)76(68)52-23-9-4-10-24-52/h2-43,45H,44H2,1H3/q+2. The maximum absolute atomic E-state index is 6.82. The van der Waals surface area contributed by atoms with Gasteiger partial charge in [0.2, 0.25) is 12.7 Å². The number of rotatable bonds is 11. The molecule has 1 aliphatic rings. The minimum absolute atomic E-state index is 0.692. The van der Waals surface area contributed by atoms with Crippen molar-refractivity contribution in [2.24, 2.45) is 0 Å². The summed E-state index contributed by atoms with van der Waals surface area (Å²) >= 11 is 0. The molecule has 0 fully saturated rings. The maximum atomic E-state index is 6.82. The second-order valence-corrected chi connectivity index (χ2v) is 19.8. The van der Waals surface area contributed by atoms with Gasteiger partial charge in [-0.3, -0.25) is 13.7 Å². The van der Waals surface area contributed by atoms with Gasteiger partial charge in [-0.2, -0.15) is 0 Å².